The van der Waals surface area contributed by atoms with E-state index in [1.165, 1.54) is 0 Å². The molecule has 18 heavy (non-hydrogen) atoms. The summed E-state index contributed by atoms with van der Waals surface area (Å²) in [7, 11) is -3.61. The molecule has 0 aromatic heterocycles. The smallest absolute Gasteiger partial charge is 0.264 e. The number of ether oxygens (including phenoxy) is 1. The first kappa shape index (κ1) is 14.5. The summed E-state index contributed by atoms with van der Waals surface area (Å²) in [5.41, 5.74) is 0.517. The summed E-state index contributed by atoms with van der Waals surface area (Å²) >= 11 is 0. The lowest BCUT2D eigenvalue weighted by Gasteiger charge is -2.07. The summed E-state index contributed by atoms with van der Waals surface area (Å²) in [5.74, 6) is 0.0772. The second-order valence-electron chi connectivity index (χ2n) is 3.48. The molecule has 1 aromatic carbocycles. The predicted molar refractivity (Wildman–Crippen MR) is 67.0 cm³/mol. The number of anilines is 1. The van der Waals surface area contributed by atoms with Gasteiger partial charge in [-0.1, -0.05) is 6.07 Å². The number of hydrogen-bond donors (Lipinski definition) is 1. The van der Waals surface area contributed by atoms with Crippen LogP contribution in [0.4, 0.5) is 5.69 Å². The van der Waals surface area contributed by atoms with E-state index in [0.717, 1.165) is 6.26 Å². The van der Waals surface area contributed by atoms with Crippen molar-refractivity contribution in [1.29, 1.82) is 0 Å². The molecule has 0 aliphatic carbocycles. The van der Waals surface area contributed by atoms with Gasteiger partial charge in [0.1, 0.15) is 12.4 Å². The van der Waals surface area contributed by atoms with Gasteiger partial charge in [0.25, 0.3) is 16.0 Å². The Labute approximate surface area is 106 Å². The van der Waals surface area contributed by atoms with Crippen LogP contribution in [0.1, 0.15) is 6.92 Å². The van der Waals surface area contributed by atoms with Gasteiger partial charge in [-0.3, -0.25) is 8.98 Å². The second-order valence-corrected chi connectivity index (χ2v) is 5.12. The fraction of sp³-hybridized carbons (Fsp3) is 0.364. The quantitative estimate of drug-likeness (QED) is 0.782. The van der Waals surface area contributed by atoms with Crippen LogP contribution in [0.15, 0.2) is 24.3 Å². The third-order valence-corrected chi connectivity index (χ3v) is 2.38. The van der Waals surface area contributed by atoms with Gasteiger partial charge < -0.3 is 10.1 Å². The third kappa shape index (κ3) is 5.65. The van der Waals surface area contributed by atoms with Crippen molar-refractivity contribution >= 4 is 21.7 Å². The molecule has 1 rings (SSSR count). The van der Waals surface area contributed by atoms with Crippen LogP contribution in [0.3, 0.4) is 0 Å². The van der Waals surface area contributed by atoms with Crippen LogP contribution >= 0.6 is 0 Å². The van der Waals surface area contributed by atoms with E-state index in [0.29, 0.717) is 18.0 Å². The largest absolute Gasteiger partial charge is 0.494 e. The summed E-state index contributed by atoms with van der Waals surface area (Å²) < 4.78 is 31.0. The number of carbonyl (C=O) groups is 1. The van der Waals surface area contributed by atoms with Gasteiger partial charge in [-0.15, -0.1) is 0 Å². The number of rotatable bonds is 6. The Morgan fingerprint density at radius 3 is 2.72 bits per heavy atom. The Kier molecular flexibility index (Phi) is 5.11. The number of amides is 1. The monoisotopic (exact) mass is 273 g/mol. The molecular formula is C11H15NO5S. The fourth-order valence-electron chi connectivity index (χ4n) is 1.19. The standard InChI is InChI=1S/C11H15NO5S/c1-3-16-10-6-4-5-9(7-10)12-11(13)8-17-18(2,14)15/h4-7H,3,8H2,1-2H3,(H,12,13). The van der Waals surface area contributed by atoms with Gasteiger partial charge >= 0.3 is 0 Å². The molecule has 1 aromatic rings. The average Bonchev–Trinajstić information content (AvgIpc) is 2.26. The van der Waals surface area contributed by atoms with Crippen molar-refractivity contribution in [3.63, 3.8) is 0 Å². The molecule has 0 aliphatic heterocycles. The minimum atomic E-state index is -3.61. The summed E-state index contributed by atoms with van der Waals surface area (Å²) in [5, 5.41) is 2.50. The van der Waals surface area contributed by atoms with Gasteiger partial charge in [-0.05, 0) is 19.1 Å². The molecule has 1 amide bonds. The van der Waals surface area contributed by atoms with Crippen molar-refractivity contribution in [3.8, 4) is 5.75 Å². The predicted octanol–water partition coefficient (Wildman–Crippen LogP) is 1.00. The van der Waals surface area contributed by atoms with Crippen molar-refractivity contribution in [3.05, 3.63) is 24.3 Å². The maximum Gasteiger partial charge on any atom is 0.264 e. The molecule has 0 bridgehead atoms. The molecule has 0 radical (unpaired) electrons. The molecule has 0 atom stereocenters. The number of carbonyl (C=O) groups excluding carboxylic acids is 1. The van der Waals surface area contributed by atoms with Crippen LogP contribution in [-0.4, -0.2) is 33.8 Å². The Bertz CT molecular complexity index is 512. The van der Waals surface area contributed by atoms with Gasteiger partial charge in [0.2, 0.25) is 0 Å². The zero-order valence-electron chi connectivity index (χ0n) is 10.2. The van der Waals surface area contributed by atoms with Crippen LogP contribution in [0, 0.1) is 0 Å². The van der Waals surface area contributed by atoms with E-state index in [-0.39, 0.29) is 0 Å². The Hall–Kier alpha value is -1.60. The average molecular weight is 273 g/mol. The highest BCUT2D eigenvalue weighted by molar-refractivity contribution is 7.86. The molecule has 100 valence electrons. The zero-order valence-corrected chi connectivity index (χ0v) is 11.0. The highest BCUT2D eigenvalue weighted by Gasteiger charge is 2.08. The number of benzene rings is 1. The normalized spacial score (nSPS) is 11.0. The lowest BCUT2D eigenvalue weighted by molar-refractivity contribution is -0.118. The highest BCUT2D eigenvalue weighted by atomic mass is 32.2. The maximum atomic E-state index is 11.4. The van der Waals surface area contributed by atoms with Crippen LogP contribution in [0.5, 0.6) is 5.75 Å². The van der Waals surface area contributed by atoms with E-state index in [9.17, 15) is 13.2 Å². The van der Waals surface area contributed by atoms with E-state index < -0.39 is 22.6 Å². The summed E-state index contributed by atoms with van der Waals surface area (Å²) in [6.45, 7) is 1.83. The van der Waals surface area contributed by atoms with Crippen LogP contribution in [0.25, 0.3) is 0 Å². The Morgan fingerprint density at radius 1 is 1.39 bits per heavy atom. The molecule has 6 nitrogen and oxygen atoms in total. The molecule has 7 heteroatoms. The molecule has 0 aliphatic rings. The molecule has 0 saturated heterocycles. The Morgan fingerprint density at radius 2 is 2.11 bits per heavy atom. The zero-order chi connectivity index (χ0) is 13.6. The van der Waals surface area contributed by atoms with E-state index in [4.69, 9.17) is 4.74 Å². The highest BCUT2D eigenvalue weighted by Crippen LogP contribution is 2.17. The molecular weight excluding hydrogens is 258 g/mol. The van der Waals surface area contributed by atoms with Crippen molar-refractivity contribution in [2.45, 2.75) is 6.92 Å². The summed E-state index contributed by atoms with van der Waals surface area (Å²) in [4.78, 5) is 11.4. The molecule has 0 heterocycles. The van der Waals surface area contributed by atoms with Gasteiger partial charge in [0, 0.05) is 11.8 Å². The van der Waals surface area contributed by atoms with Crippen molar-refractivity contribution in [1.82, 2.24) is 0 Å². The number of hydrogen-bond acceptors (Lipinski definition) is 5. The summed E-state index contributed by atoms with van der Waals surface area (Å²) in [6.07, 6.45) is 0.885. The van der Waals surface area contributed by atoms with Crippen LogP contribution < -0.4 is 10.1 Å². The minimum absolute atomic E-state index is 0.517. The van der Waals surface area contributed by atoms with E-state index in [1.807, 2.05) is 6.92 Å². The summed E-state index contributed by atoms with van der Waals surface area (Å²) in [6, 6.07) is 6.78. The second kappa shape index (κ2) is 6.36. The van der Waals surface area contributed by atoms with Crippen LogP contribution in [-0.2, 0) is 19.1 Å². The van der Waals surface area contributed by atoms with E-state index in [1.54, 1.807) is 24.3 Å². The van der Waals surface area contributed by atoms with Crippen molar-refractivity contribution in [2.75, 3.05) is 24.8 Å². The molecule has 0 spiro atoms. The van der Waals surface area contributed by atoms with Gasteiger partial charge in [-0.25, -0.2) is 0 Å². The molecule has 0 unspecified atom stereocenters. The van der Waals surface area contributed by atoms with E-state index >= 15 is 0 Å². The van der Waals surface area contributed by atoms with Gasteiger partial charge in [0.05, 0.1) is 12.9 Å². The van der Waals surface area contributed by atoms with Gasteiger partial charge in [-0.2, -0.15) is 8.42 Å². The first-order valence-electron chi connectivity index (χ1n) is 5.28. The van der Waals surface area contributed by atoms with Gasteiger partial charge in [0.15, 0.2) is 0 Å². The minimum Gasteiger partial charge on any atom is -0.494 e. The maximum absolute atomic E-state index is 11.4. The molecule has 1 N–H and O–H groups in total. The fourth-order valence-corrected chi connectivity index (χ4v) is 1.51. The number of nitrogens with one attached hydrogen (secondary N) is 1. The lowest BCUT2D eigenvalue weighted by Crippen LogP contribution is -2.20. The topological polar surface area (TPSA) is 81.7 Å². The van der Waals surface area contributed by atoms with Crippen molar-refractivity contribution < 1.29 is 22.1 Å². The molecule has 0 fully saturated rings. The molecule has 0 saturated carbocycles. The Balaban J connectivity index is 2.56. The van der Waals surface area contributed by atoms with Crippen molar-refractivity contribution in [2.24, 2.45) is 0 Å². The first-order valence-corrected chi connectivity index (χ1v) is 7.09. The lowest BCUT2D eigenvalue weighted by atomic mass is 10.3. The van der Waals surface area contributed by atoms with Crippen LogP contribution in [0.2, 0.25) is 0 Å². The third-order valence-electron chi connectivity index (χ3n) is 1.83. The van der Waals surface area contributed by atoms with E-state index in [2.05, 4.69) is 9.50 Å². The SMILES string of the molecule is CCOc1cccc(NC(=O)COS(C)(=O)=O)c1. The first-order chi connectivity index (χ1) is 8.40.